The highest BCUT2D eigenvalue weighted by atomic mass is 16.6. The van der Waals surface area contributed by atoms with Crippen LogP contribution in [0.1, 0.15) is 81.9 Å². The van der Waals surface area contributed by atoms with Gasteiger partial charge in [0.2, 0.25) is 5.91 Å². The van der Waals surface area contributed by atoms with Gasteiger partial charge in [-0.25, -0.2) is 9.59 Å². The molecule has 0 bridgehead atoms. The Bertz CT molecular complexity index is 1730. The zero-order chi connectivity index (χ0) is 33.8. The van der Waals surface area contributed by atoms with Gasteiger partial charge in [0.15, 0.2) is 0 Å². The number of benzene rings is 3. The summed E-state index contributed by atoms with van der Waals surface area (Å²) in [4.78, 5) is 47.8. The van der Waals surface area contributed by atoms with Gasteiger partial charge in [-0.1, -0.05) is 67.6 Å². The van der Waals surface area contributed by atoms with E-state index >= 15 is 0 Å². The minimum absolute atomic E-state index is 0.160. The Morgan fingerprint density at radius 1 is 0.938 bits per heavy atom. The van der Waals surface area contributed by atoms with Crippen LogP contribution in [0.3, 0.4) is 0 Å². The van der Waals surface area contributed by atoms with Crippen molar-refractivity contribution in [3.8, 4) is 0 Å². The van der Waals surface area contributed by atoms with Crippen LogP contribution in [0.4, 0.5) is 15.3 Å². The molecule has 6 rings (SSSR count). The van der Waals surface area contributed by atoms with Gasteiger partial charge in [0.1, 0.15) is 11.6 Å². The van der Waals surface area contributed by atoms with Crippen molar-refractivity contribution in [2.24, 2.45) is 0 Å². The summed E-state index contributed by atoms with van der Waals surface area (Å²) in [5, 5.41) is 7.21. The van der Waals surface area contributed by atoms with Gasteiger partial charge < -0.3 is 30.2 Å². The van der Waals surface area contributed by atoms with Crippen LogP contribution in [0, 0.1) is 0 Å². The van der Waals surface area contributed by atoms with E-state index in [4.69, 9.17) is 4.74 Å². The summed E-state index contributed by atoms with van der Waals surface area (Å²) >= 11 is 0. The van der Waals surface area contributed by atoms with Crippen molar-refractivity contribution < 1.29 is 19.1 Å². The molecule has 2 atom stereocenters. The number of amides is 4. The second-order valence-corrected chi connectivity index (χ2v) is 14.2. The second kappa shape index (κ2) is 14.1. The Labute approximate surface area is 283 Å². The lowest BCUT2D eigenvalue weighted by Gasteiger charge is -2.34. The molecule has 1 aliphatic carbocycles. The molecule has 3 N–H and O–H groups in total. The van der Waals surface area contributed by atoms with Crippen molar-refractivity contribution in [1.29, 1.82) is 0 Å². The number of para-hydroxylation sites is 1. The number of urea groups is 1. The number of fused-ring (bicyclic) bond motifs is 1. The normalized spacial score (nSPS) is 16.6. The number of nitrogens with one attached hydrogen (secondary N) is 3. The molecule has 4 aromatic rings. The number of anilines is 1. The lowest BCUT2D eigenvalue weighted by Crippen LogP contribution is -2.53. The summed E-state index contributed by atoms with van der Waals surface area (Å²) in [6.07, 6.45) is 5.25. The van der Waals surface area contributed by atoms with E-state index in [0.29, 0.717) is 31.2 Å². The van der Waals surface area contributed by atoms with Crippen LogP contribution in [0.15, 0.2) is 85.1 Å². The van der Waals surface area contributed by atoms with E-state index in [0.717, 1.165) is 47.7 Å². The van der Waals surface area contributed by atoms with E-state index in [1.807, 2.05) is 93.4 Å². The monoisotopic (exact) mass is 649 g/mol. The van der Waals surface area contributed by atoms with Gasteiger partial charge in [-0.05, 0) is 87.3 Å². The fourth-order valence-electron chi connectivity index (χ4n) is 6.65. The smallest absolute Gasteiger partial charge is 0.410 e. The van der Waals surface area contributed by atoms with Gasteiger partial charge in [-0.15, -0.1) is 0 Å². The summed E-state index contributed by atoms with van der Waals surface area (Å²) in [6, 6.07) is 25.1. The molecule has 0 radical (unpaired) electrons. The summed E-state index contributed by atoms with van der Waals surface area (Å²) in [5.41, 5.74) is 4.14. The first-order valence-electron chi connectivity index (χ1n) is 17.1. The molecule has 0 spiro atoms. The standard InChI is InChI=1S/C39H47N5O4/c1-26(33-24-40-34-16-9-8-15-32(33)34)35(42-37(46)43-21-19-29(20-22-43)28-12-6-5-7-13-28)36(45)41-30-14-10-11-27(23-30)25-44(31-17-18-31)38(47)48-39(2,3)4/h5-16,23-24,26,29,31,35,40H,17-22,25H2,1-4H3,(H,41,45)(H,42,46)/t26-,35+/m0/s1. The Hall–Kier alpha value is -4.79. The van der Waals surface area contributed by atoms with Crippen molar-refractivity contribution in [3.05, 3.63) is 102 Å². The number of likely N-dealkylation sites (tertiary alicyclic amines) is 1. The molecule has 9 nitrogen and oxygen atoms in total. The van der Waals surface area contributed by atoms with E-state index in [9.17, 15) is 14.4 Å². The van der Waals surface area contributed by atoms with E-state index in [1.165, 1.54) is 5.56 Å². The van der Waals surface area contributed by atoms with Gasteiger partial charge >= 0.3 is 12.1 Å². The number of hydrogen-bond acceptors (Lipinski definition) is 4. The number of piperidine rings is 1. The summed E-state index contributed by atoms with van der Waals surface area (Å²) in [6.45, 7) is 9.21. The zero-order valence-corrected chi connectivity index (χ0v) is 28.4. The summed E-state index contributed by atoms with van der Waals surface area (Å²) < 4.78 is 5.68. The van der Waals surface area contributed by atoms with E-state index < -0.39 is 11.6 Å². The van der Waals surface area contributed by atoms with Gasteiger partial charge in [-0.2, -0.15) is 0 Å². The van der Waals surface area contributed by atoms with Crippen LogP contribution in [0.25, 0.3) is 10.9 Å². The highest BCUT2D eigenvalue weighted by Crippen LogP contribution is 2.32. The first-order chi connectivity index (χ1) is 23.1. The molecule has 9 heteroatoms. The highest BCUT2D eigenvalue weighted by molar-refractivity contribution is 5.98. The molecule has 2 aliphatic rings. The Morgan fingerprint density at radius 3 is 2.35 bits per heavy atom. The van der Waals surface area contributed by atoms with Crippen LogP contribution in [0.2, 0.25) is 0 Å². The minimum Gasteiger partial charge on any atom is -0.444 e. The Kier molecular flexibility index (Phi) is 9.76. The van der Waals surface area contributed by atoms with Crippen LogP contribution in [-0.4, -0.2) is 63.6 Å². The fraction of sp³-hybridized carbons (Fsp3) is 0.410. The van der Waals surface area contributed by atoms with Crippen LogP contribution in [-0.2, 0) is 16.1 Å². The first kappa shape index (κ1) is 33.1. The lowest BCUT2D eigenvalue weighted by atomic mass is 9.89. The zero-order valence-electron chi connectivity index (χ0n) is 28.4. The quantitative estimate of drug-likeness (QED) is 0.172. The number of aromatic amines is 1. The number of rotatable bonds is 9. The summed E-state index contributed by atoms with van der Waals surface area (Å²) in [5.74, 6) is -0.214. The number of carbonyl (C=O) groups is 3. The molecule has 48 heavy (non-hydrogen) atoms. The maximum atomic E-state index is 14.1. The molecule has 4 amide bonds. The molecule has 1 saturated heterocycles. The second-order valence-electron chi connectivity index (χ2n) is 14.2. The number of H-pyrrole nitrogens is 1. The molecule has 3 aromatic carbocycles. The van der Waals surface area contributed by atoms with Gasteiger partial charge in [0.25, 0.3) is 0 Å². The van der Waals surface area contributed by atoms with Crippen molar-refractivity contribution in [2.45, 2.75) is 89.4 Å². The predicted octanol–water partition coefficient (Wildman–Crippen LogP) is 7.77. The molecular formula is C39H47N5O4. The molecule has 0 unspecified atom stereocenters. The average molecular weight is 650 g/mol. The third kappa shape index (κ3) is 8.01. The van der Waals surface area contributed by atoms with Crippen molar-refractivity contribution in [2.75, 3.05) is 18.4 Å². The predicted molar refractivity (Wildman–Crippen MR) is 189 cm³/mol. The van der Waals surface area contributed by atoms with Crippen LogP contribution >= 0.6 is 0 Å². The number of nitrogens with zero attached hydrogens (tertiary/aromatic N) is 2. The van der Waals surface area contributed by atoms with E-state index in [2.05, 4.69) is 39.9 Å². The molecule has 2 fully saturated rings. The van der Waals surface area contributed by atoms with Gasteiger partial charge in [0, 0.05) is 54.4 Å². The van der Waals surface area contributed by atoms with E-state index in [1.54, 1.807) is 4.90 Å². The highest BCUT2D eigenvalue weighted by Gasteiger charge is 2.36. The molecule has 2 heterocycles. The number of carbonyl (C=O) groups excluding carboxylic acids is 3. The molecule has 1 aromatic heterocycles. The molecule has 1 aliphatic heterocycles. The van der Waals surface area contributed by atoms with Gasteiger partial charge in [0.05, 0.1) is 0 Å². The Morgan fingerprint density at radius 2 is 1.65 bits per heavy atom. The molecule has 252 valence electrons. The summed E-state index contributed by atoms with van der Waals surface area (Å²) in [7, 11) is 0. The maximum absolute atomic E-state index is 14.1. The molecule has 1 saturated carbocycles. The third-order valence-electron chi connectivity index (χ3n) is 9.39. The Balaban J connectivity index is 1.18. The van der Waals surface area contributed by atoms with Crippen LogP contribution < -0.4 is 10.6 Å². The van der Waals surface area contributed by atoms with Crippen molar-refractivity contribution in [3.63, 3.8) is 0 Å². The minimum atomic E-state index is -0.836. The number of ether oxygens (including phenoxy) is 1. The lowest BCUT2D eigenvalue weighted by molar-refractivity contribution is -0.118. The third-order valence-corrected chi connectivity index (χ3v) is 9.39. The van der Waals surface area contributed by atoms with Crippen LogP contribution in [0.5, 0.6) is 0 Å². The molecular weight excluding hydrogens is 602 g/mol. The van der Waals surface area contributed by atoms with Crippen molar-refractivity contribution >= 4 is 34.6 Å². The topological polar surface area (TPSA) is 107 Å². The van der Waals surface area contributed by atoms with Gasteiger partial charge in [-0.3, -0.25) is 4.79 Å². The first-order valence-corrected chi connectivity index (χ1v) is 17.1. The van der Waals surface area contributed by atoms with E-state index in [-0.39, 0.29) is 30.0 Å². The SMILES string of the molecule is C[C@@H](c1c[nH]c2ccccc12)[C@@H](NC(=O)N1CCC(c2ccccc2)CC1)C(=O)Nc1cccc(CN(C(=O)OC(C)(C)C)C2CC2)c1. The number of hydrogen-bond donors (Lipinski definition) is 3. The fourth-order valence-corrected chi connectivity index (χ4v) is 6.65. The average Bonchev–Trinajstić information content (AvgIpc) is 3.83. The van der Waals surface area contributed by atoms with Crippen molar-refractivity contribution in [1.82, 2.24) is 20.1 Å². The maximum Gasteiger partial charge on any atom is 0.410 e. The number of aromatic nitrogens is 1. The largest absolute Gasteiger partial charge is 0.444 e.